The summed E-state index contributed by atoms with van der Waals surface area (Å²) in [4.78, 5) is 19.0. The summed E-state index contributed by atoms with van der Waals surface area (Å²) in [6, 6.07) is 14.9. The van der Waals surface area contributed by atoms with Crippen molar-refractivity contribution in [2.24, 2.45) is 4.99 Å². The lowest BCUT2D eigenvalue weighted by Crippen LogP contribution is -2.44. The summed E-state index contributed by atoms with van der Waals surface area (Å²) in [5.74, 6) is 0.495. The van der Waals surface area contributed by atoms with Crippen molar-refractivity contribution in [2.75, 3.05) is 31.1 Å². The Morgan fingerprint density at radius 3 is 2.53 bits per heavy atom. The number of nitrogens with one attached hydrogen (secondary N) is 2. The van der Waals surface area contributed by atoms with E-state index < -0.39 is 12.8 Å². The van der Waals surface area contributed by atoms with E-state index in [0.29, 0.717) is 31.2 Å². The molecule has 0 saturated heterocycles. The molecule has 0 saturated carbocycles. The number of ether oxygens (including phenoxy) is 1. The van der Waals surface area contributed by atoms with Crippen LogP contribution in [0.4, 0.5) is 18.9 Å². The molecule has 1 heterocycles. The third kappa shape index (κ3) is 6.98. The Morgan fingerprint density at radius 1 is 1.09 bits per heavy atom. The lowest BCUT2D eigenvalue weighted by molar-refractivity contribution is -0.176. The number of benzene rings is 2. The quantitative estimate of drug-likeness (QED) is 0.480. The van der Waals surface area contributed by atoms with Crippen molar-refractivity contribution in [1.29, 1.82) is 0 Å². The first-order valence-electron chi connectivity index (χ1n) is 10.5. The van der Waals surface area contributed by atoms with Gasteiger partial charge in [0.1, 0.15) is 6.61 Å². The summed E-state index contributed by atoms with van der Waals surface area (Å²) < 4.78 is 41.1. The predicted octanol–water partition coefficient (Wildman–Crippen LogP) is 3.41. The summed E-state index contributed by atoms with van der Waals surface area (Å²) in [6.07, 6.45) is -3.48. The number of para-hydroxylation sites is 1. The zero-order chi connectivity index (χ0) is 23.0. The highest BCUT2D eigenvalue weighted by Crippen LogP contribution is 2.27. The Bertz CT molecular complexity index is 930. The number of hydrogen-bond acceptors (Lipinski definition) is 3. The molecule has 0 unspecified atom stereocenters. The maximum atomic E-state index is 12.7. The maximum absolute atomic E-state index is 12.7. The van der Waals surface area contributed by atoms with Crippen LogP contribution in [0.3, 0.4) is 0 Å². The molecule has 0 fully saturated rings. The first-order valence-corrected chi connectivity index (χ1v) is 10.5. The van der Waals surface area contributed by atoms with E-state index in [-0.39, 0.29) is 19.1 Å². The summed E-state index contributed by atoms with van der Waals surface area (Å²) in [7, 11) is 0. The highest BCUT2D eigenvalue weighted by Gasteiger charge is 2.27. The van der Waals surface area contributed by atoms with Gasteiger partial charge in [0.05, 0.1) is 19.7 Å². The molecule has 32 heavy (non-hydrogen) atoms. The largest absolute Gasteiger partial charge is 0.411 e. The van der Waals surface area contributed by atoms with Crippen LogP contribution in [0.25, 0.3) is 0 Å². The molecule has 1 aliphatic heterocycles. The monoisotopic (exact) mass is 448 g/mol. The molecule has 2 aromatic rings. The molecule has 3 rings (SSSR count). The molecule has 0 spiro atoms. The Balaban J connectivity index is 1.51. The molecule has 2 aromatic carbocycles. The smallest absolute Gasteiger partial charge is 0.367 e. The van der Waals surface area contributed by atoms with Gasteiger partial charge >= 0.3 is 6.18 Å². The van der Waals surface area contributed by atoms with Crippen molar-refractivity contribution in [3.63, 3.8) is 0 Å². The van der Waals surface area contributed by atoms with E-state index in [0.717, 1.165) is 17.7 Å². The van der Waals surface area contributed by atoms with Gasteiger partial charge in [0, 0.05) is 18.8 Å². The minimum absolute atomic E-state index is 0.0243. The van der Waals surface area contributed by atoms with Crippen LogP contribution in [0.1, 0.15) is 23.6 Å². The van der Waals surface area contributed by atoms with Crippen molar-refractivity contribution >= 4 is 17.6 Å². The zero-order valence-corrected chi connectivity index (χ0v) is 17.9. The van der Waals surface area contributed by atoms with Crippen LogP contribution in [0.5, 0.6) is 0 Å². The normalized spacial score (nSPS) is 13.8. The highest BCUT2D eigenvalue weighted by molar-refractivity contribution is 5.98. The van der Waals surface area contributed by atoms with Crippen molar-refractivity contribution in [3.8, 4) is 0 Å². The van der Waals surface area contributed by atoms with Crippen LogP contribution < -0.4 is 15.5 Å². The second-order valence-corrected chi connectivity index (χ2v) is 7.40. The first-order chi connectivity index (χ1) is 15.4. The summed E-state index contributed by atoms with van der Waals surface area (Å²) in [5, 5.41) is 6.19. The third-order valence-corrected chi connectivity index (χ3v) is 4.92. The number of aliphatic imine (C=N–C) groups is 1. The van der Waals surface area contributed by atoms with Crippen molar-refractivity contribution in [3.05, 3.63) is 65.2 Å². The number of halogens is 3. The van der Waals surface area contributed by atoms with Gasteiger partial charge in [-0.1, -0.05) is 42.5 Å². The Hall–Kier alpha value is -3.07. The molecule has 1 aliphatic rings. The minimum atomic E-state index is -4.33. The molecule has 0 radical (unpaired) electrons. The predicted molar refractivity (Wildman–Crippen MR) is 117 cm³/mol. The maximum Gasteiger partial charge on any atom is 0.411 e. The zero-order valence-electron chi connectivity index (χ0n) is 17.9. The number of anilines is 1. The summed E-state index contributed by atoms with van der Waals surface area (Å²) in [6.45, 7) is 2.36. The van der Waals surface area contributed by atoms with Crippen LogP contribution >= 0.6 is 0 Å². The number of fused-ring (bicyclic) bond motifs is 1. The molecule has 0 aliphatic carbocycles. The number of carbonyl (C=O) groups is 1. The van der Waals surface area contributed by atoms with Crippen molar-refractivity contribution < 1.29 is 22.7 Å². The molecule has 0 atom stereocenters. The Morgan fingerprint density at radius 2 is 1.81 bits per heavy atom. The fraction of sp³-hybridized carbons (Fsp3) is 0.391. The van der Waals surface area contributed by atoms with E-state index in [1.807, 2.05) is 31.2 Å². The standard InChI is InChI=1S/C23H27F3N4O2/c1-2-27-22(29-14-21(31)30-12-11-19-5-3-4-6-20(19)30)28-13-17-7-9-18(10-8-17)15-32-16-23(24,25)26/h3-10H,2,11-16H2,1H3,(H2,27,28,29). The van der Waals surface area contributed by atoms with E-state index in [2.05, 4.69) is 20.4 Å². The number of guanidine groups is 1. The average molecular weight is 448 g/mol. The van der Waals surface area contributed by atoms with Crippen LogP contribution in [0.2, 0.25) is 0 Å². The third-order valence-electron chi connectivity index (χ3n) is 4.92. The van der Waals surface area contributed by atoms with E-state index >= 15 is 0 Å². The van der Waals surface area contributed by atoms with Crippen molar-refractivity contribution in [2.45, 2.75) is 32.7 Å². The SMILES string of the molecule is CCNC(=NCc1ccc(COCC(F)(F)F)cc1)NCC(=O)N1CCc2ccccc21. The molecular formula is C23H27F3N4O2. The molecule has 9 heteroatoms. The fourth-order valence-electron chi connectivity index (χ4n) is 3.39. The number of nitrogens with zero attached hydrogens (tertiary/aromatic N) is 2. The van der Waals surface area contributed by atoms with Gasteiger partial charge < -0.3 is 20.3 Å². The first kappa shape index (κ1) is 23.6. The van der Waals surface area contributed by atoms with Crippen LogP contribution in [0.15, 0.2) is 53.5 Å². The molecule has 2 N–H and O–H groups in total. The van der Waals surface area contributed by atoms with Crippen LogP contribution in [-0.2, 0) is 29.1 Å². The van der Waals surface area contributed by atoms with Gasteiger partial charge in [-0.15, -0.1) is 0 Å². The minimum Gasteiger partial charge on any atom is -0.367 e. The second kappa shape index (κ2) is 11.0. The van der Waals surface area contributed by atoms with E-state index in [9.17, 15) is 18.0 Å². The number of alkyl halides is 3. The van der Waals surface area contributed by atoms with Gasteiger partial charge in [0.25, 0.3) is 0 Å². The topological polar surface area (TPSA) is 66.0 Å². The molecule has 1 amide bonds. The Labute approximate surface area is 185 Å². The summed E-state index contributed by atoms with van der Waals surface area (Å²) >= 11 is 0. The van der Waals surface area contributed by atoms with Gasteiger partial charge in [-0.25, -0.2) is 4.99 Å². The number of amides is 1. The van der Waals surface area contributed by atoms with Gasteiger partial charge in [0.2, 0.25) is 5.91 Å². The average Bonchev–Trinajstić information content (AvgIpc) is 3.20. The van der Waals surface area contributed by atoms with Gasteiger partial charge in [-0.3, -0.25) is 4.79 Å². The van der Waals surface area contributed by atoms with Gasteiger partial charge in [0.15, 0.2) is 5.96 Å². The lowest BCUT2D eigenvalue weighted by Gasteiger charge is -2.18. The van der Waals surface area contributed by atoms with Crippen molar-refractivity contribution in [1.82, 2.24) is 10.6 Å². The highest BCUT2D eigenvalue weighted by atomic mass is 19.4. The fourth-order valence-corrected chi connectivity index (χ4v) is 3.39. The van der Waals surface area contributed by atoms with Gasteiger partial charge in [-0.2, -0.15) is 13.2 Å². The van der Waals surface area contributed by atoms with E-state index in [4.69, 9.17) is 0 Å². The lowest BCUT2D eigenvalue weighted by atomic mass is 10.1. The number of carbonyl (C=O) groups excluding carboxylic acids is 1. The molecule has 172 valence electrons. The molecule has 0 bridgehead atoms. The van der Waals surface area contributed by atoms with Crippen LogP contribution in [0, 0.1) is 0 Å². The number of rotatable bonds is 8. The summed E-state index contributed by atoms with van der Waals surface area (Å²) in [5.41, 5.74) is 3.68. The number of hydrogen-bond donors (Lipinski definition) is 2. The molecular weight excluding hydrogens is 421 g/mol. The Kier molecular flexibility index (Phi) is 8.10. The van der Waals surface area contributed by atoms with Crippen LogP contribution in [-0.4, -0.2) is 44.3 Å². The van der Waals surface area contributed by atoms with E-state index in [1.54, 1.807) is 29.2 Å². The second-order valence-electron chi connectivity index (χ2n) is 7.40. The molecule has 0 aromatic heterocycles. The van der Waals surface area contributed by atoms with E-state index in [1.165, 1.54) is 5.56 Å². The molecule has 6 nitrogen and oxygen atoms in total. The van der Waals surface area contributed by atoms with Gasteiger partial charge in [-0.05, 0) is 36.1 Å².